The molecular weight excluding hydrogens is 430 g/mol. The molecule has 22 heavy (non-hydrogen) atoms. The van der Waals surface area contributed by atoms with Gasteiger partial charge in [-0.25, -0.2) is 4.79 Å². The maximum absolute atomic E-state index is 11.6. The summed E-state index contributed by atoms with van der Waals surface area (Å²) in [5.74, 6) is 0. The highest BCUT2D eigenvalue weighted by atomic mass is 79.9. The molecule has 0 radical (unpaired) electrons. The van der Waals surface area contributed by atoms with Gasteiger partial charge in [0.15, 0.2) is 0 Å². The molecule has 0 spiro atoms. The van der Waals surface area contributed by atoms with Crippen LogP contribution in [0.15, 0.2) is 24.3 Å². The van der Waals surface area contributed by atoms with Crippen molar-refractivity contribution >= 4 is 43.6 Å². The molecule has 1 aromatic rings. The van der Waals surface area contributed by atoms with Gasteiger partial charge in [0.25, 0.3) is 5.69 Å². The van der Waals surface area contributed by atoms with Crippen LogP contribution in [0.3, 0.4) is 0 Å². The SMILES string of the molecule is CCOC(=O)NC(c1ccc([N+](=O)[O-])cc1)C(Br)(Br)[N+](=O)[O-]. The molecule has 1 aromatic carbocycles. The summed E-state index contributed by atoms with van der Waals surface area (Å²) < 4.78 is 2.81. The van der Waals surface area contributed by atoms with Crippen LogP contribution in [-0.4, -0.2) is 25.9 Å². The van der Waals surface area contributed by atoms with Gasteiger partial charge < -0.3 is 10.1 Å². The first kappa shape index (κ1) is 18.3. The summed E-state index contributed by atoms with van der Waals surface area (Å²) in [5.41, 5.74) is 0.110. The summed E-state index contributed by atoms with van der Waals surface area (Å²) in [7, 11) is 0. The van der Waals surface area contributed by atoms with Gasteiger partial charge in [0.2, 0.25) is 0 Å². The minimum atomic E-state index is -1.90. The van der Waals surface area contributed by atoms with E-state index in [1.165, 1.54) is 24.3 Å². The smallest absolute Gasteiger partial charge is 0.407 e. The van der Waals surface area contributed by atoms with Crippen LogP contribution in [0.25, 0.3) is 0 Å². The molecule has 120 valence electrons. The van der Waals surface area contributed by atoms with Gasteiger partial charge in [-0.05, 0) is 24.6 Å². The van der Waals surface area contributed by atoms with E-state index in [-0.39, 0.29) is 17.9 Å². The van der Waals surface area contributed by atoms with Gasteiger partial charge in [0, 0.05) is 44.0 Å². The Labute approximate surface area is 141 Å². The molecule has 0 aliphatic heterocycles. The molecule has 0 fully saturated rings. The van der Waals surface area contributed by atoms with Crippen LogP contribution in [0.1, 0.15) is 18.5 Å². The van der Waals surface area contributed by atoms with Crippen molar-refractivity contribution in [2.24, 2.45) is 0 Å². The molecule has 0 heterocycles. The van der Waals surface area contributed by atoms with E-state index in [4.69, 9.17) is 4.74 Å². The standard InChI is InChI=1S/C11H11Br2N3O6/c1-2-22-10(17)14-9(11(12,13)16(20)21)7-3-5-8(6-4-7)15(18)19/h3-6,9H,2H2,1H3,(H,14,17). The van der Waals surface area contributed by atoms with E-state index in [0.717, 1.165) is 0 Å². The number of non-ortho nitro benzene ring substituents is 1. The molecule has 0 aliphatic rings. The normalized spacial score (nSPS) is 12.3. The molecular formula is C11H11Br2N3O6. The number of nitro groups is 2. The third kappa shape index (κ3) is 4.37. The van der Waals surface area contributed by atoms with E-state index in [1.54, 1.807) is 6.92 Å². The van der Waals surface area contributed by atoms with Crippen molar-refractivity contribution in [3.05, 3.63) is 50.1 Å². The molecule has 0 bridgehead atoms. The number of nitro benzene ring substituents is 1. The third-order valence-electron chi connectivity index (χ3n) is 2.57. The summed E-state index contributed by atoms with van der Waals surface area (Å²) in [5, 5.41) is 24.1. The third-order valence-corrected chi connectivity index (χ3v) is 4.06. The number of carbonyl (C=O) groups excluding carboxylic acids is 1. The average Bonchev–Trinajstić information content (AvgIpc) is 2.45. The number of ether oxygens (including phenoxy) is 1. The predicted octanol–water partition coefficient (Wildman–Crippen LogP) is 3.10. The Morgan fingerprint density at radius 2 is 1.86 bits per heavy atom. The zero-order valence-electron chi connectivity index (χ0n) is 11.2. The fourth-order valence-electron chi connectivity index (χ4n) is 1.56. The molecule has 0 aromatic heterocycles. The van der Waals surface area contributed by atoms with Crippen LogP contribution in [0.4, 0.5) is 10.5 Å². The Hall–Kier alpha value is -1.75. The van der Waals surface area contributed by atoms with Crippen LogP contribution >= 0.6 is 31.9 Å². The lowest BCUT2D eigenvalue weighted by Gasteiger charge is -2.24. The van der Waals surface area contributed by atoms with Gasteiger partial charge in [0.1, 0.15) is 6.04 Å². The van der Waals surface area contributed by atoms with Gasteiger partial charge in [0.05, 0.1) is 16.5 Å². The molecule has 1 N–H and O–H groups in total. The second-order valence-corrected chi connectivity index (χ2v) is 7.47. The van der Waals surface area contributed by atoms with Crippen molar-refractivity contribution in [3.8, 4) is 0 Å². The van der Waals surface area contributed by atoms with E-state index < -0.39 is 25.3 Å². The molecule has 0 saturated heterocycles. The Morgan fingerprint density at radius 3 is 2.27 bits per heavy atom. The minimum absolute atomic E-state index is 0.0921. The number of benzene rings is 1. The summed E-state index contributed by atoms with van der Waals surface area (Å²) in [6.07, 6.45) is -0.851. The first-order chi connectivity index (χ1) is 10.2. The molecule has 0 saturated carbocycles. The largest absolute Gasteiger partial charge is 0.450 e. The van der Waals surface area contributed by atoms with Crippen LogP contribution in [0.5, 0.6) is 0 Å². The van der Waals surface area contributed by atoms with Gasteiger partial charge in [-0.3, -0.25) is 20.2 Å². The average molecular weight is 441 g/mol. The van der Waals surface area contributed by atoms with Gasteiger partial charge in [-0.1, -0.05) is 0 Å². The predicted molar refractivity (Wildman–Crippen MR) is 83.6 cm³/mol. The van der Waals surface area contributed by atoms with Gasteiger partial charge in [-0.2, -0.15) is 0 Å². The van der Waals surface area contributed by atoms with Crippen molar-refractivity contribution in [1.82, 2.24) is 5.32 Å². The Kier molecular flexibility index (Phi) is 6.23. The summed E-state index contributed by atoms with van der Waals surface area (Å²) in [6.45, 7) is 1.68. The molecule has 1 amide bonds. The number of carbonyl (C=O) groups is 1. The number of rotatable bonds is 6. The topological polar surface area (TPSA) is 125 Å². The van der Waals surface area contributed by atoms with Crippen molar-refractivity contribution in [2.75, 3.05) is 6.61 Å². The zero-order valence-corrected chi connectivity index (χ0v) is 14.4. The van der Waals surface area contributed by atoms with Crippen molar-refractivity contribution in [2.45, 2.75) is 16.3 Å². The maximum Gasteiger partial charge on any atom is 0.407 e. The monoisotopic (exact) mass is 439 g/mol. The molecule has 11 heteroatoms. The molecule has 1 rings (SSSR count). The van der Waals surface area contributed by atoms with Crippen LogP contribution in [0.2, 0.25) is 0 Å². The summed E-state index contributed by atoms with van der Waals surface area (Å²) in [6, 6.07) is 3.84. The number of amides is 1. The fourth-order valence-corrected chi connectivity index (χ4v) is 2.31. The van der Waals surface area contributed by atoms with E-state index in [1.807, 2.05) is 0 Å². The molecule has 9 nitrogen and oxygen atoms in total. The number of nitrogens with zero attached hydrogens (tertiary/aromatic N) is 2. The Bertz CT molecular complexity index is 578. The van der Waals surface area contributed by atoms with Crippen molar-refractivity contribution in [1.29, 1.82) is 0 Å². The molecule has 1 atom stereocenters. The summed E-state index contributed by atoms with van der Waals surface area (Å²) in [4.78, 5) is 32.1. The number of alkyl halides is 2. The van der Waals surface area contributed by atoms with Crippen LogP contribution in [0, 0.1) is 20.2 Å². The number of nitrogens with one attached hydrogen (secondary N) is 1. The lowest BCUT2D eigenvalue weighted by molar-refractivity contribution is -0.509. The number of hydrogen-bond acceptors (Lipinski definition) is 6. The van der Waals surface area contributed by atoms with Crippen molar-refractivity contribution < 1.29 is 19.4 Å². The van der Waals surface area contributed by atoms with Crippen LogP contribution < -0.4 is 5.32 Å². The van der Waals surface area contributed by atoms with Crippen molar-refractivity contribution in [3.63, 3.8) is 0 Å². The first-order valence-electron chi connectivity index (χ1n) is 5.90. The second-order valence-electron chi connectivity index (χ2n) is 3.99. The first-order valence-corrected chi connectivity index (χ1v) is 7.48. The number of halogens is 2. The Balaban J connectivity index is 3.16. The maximum atomic E-state index is 11.6. The lowest BCUT2D eigenvalue weighted by Crippen LogP contribution is -2.43. The zero-order chi connectivity index (χ0) is 16.9. The quantitative estimate of drug-likeness (QED) is 0.313. The number of alkyl carbamates (subject to hydrolysis) is 1. The lowest BCUT2D eigenvalue weighted by atomic mass is 10.1. The van der Waals surface area contributed by atoms with E-state index in [9.17, 15) is 25.0 Å². The summed E-state index contributed by atoms with van der Waals surface area (Å²) >= 11 is 5.78. The highest BCUT2D eigenvalue weighted by Crippen LogP contribution is 2.40. The fraction of sp³-hybridized carbons (Fsp3) is 0.364. The van der Waals surface area contributed by atoms with E-state index in [2.05, 4.69) is 37.2 Å². The van der Waals surface area contributed by atoms with Crippen LogP contribution in [-0.2, 0) is 4.74 Å². The highest BCUT2D eigenvalue weighted by Gasteiger charge is 2.48. The van der Waals surface area contributed by atoms with Gasteiger partial charge >= 0.3 is 9.45 Å². The van der Waals surface area contributed by atoms with Gasteiger partial charge in [-0.15, -0.1) is 0 Å². The Morgan fingerprint density at radius 1 is 1.32 bits per heavy atom. The number of hydrogen-bond donors (Lipinski definition) is 1. The molecule has 0 aliphatic carbocycles. The van der Waals surface area contributed by atoms with E-state index in [0.29, 0.717) is 0 Å². The highest BCUT2D eigenvalue weighted by molar-refractivity contribution is 9.25. The minimum Gasteiger partial charge on any atom is -0.450 e. The van der Waals surface area contributed by atoms with E-state index >= 15 is 0 Å². The second kappa shape index (κ2) is 7.49. The molecule has 1 unspecified atom stereocenters.